The molecule has 3 rings (SSSR count). The maximum absolute atomic E-state index is 13.8. The fourth-order valence-corrected chi connectivity index (χ4v) is 2.49. The van der Waals surface area contributed by atoms with Crippen molar-refractivity contribution in [2.75, 3.05) is 17.7 Å². The van der Waals surface area contributed by atoms with Crippen molar-refractivity contribution in [3.8, 4) is 5.75 Å². The molecule has 0 saturated carbocycles. The monoisotopic (exact) mass is 372 g/mol. The molecule has 0 radical (unpaired) electrons. The molecule has 2 aromatic carbocycles. The van der Waals surface area contributed by atoms with E-state index in [1.165, 1.54) is 18.2 Å². The molecule has 0 atom stereocenters. The number of hydrogen-bond acceptors (Lipinski definition) is 5. The molecule has 1 aromatic heterocycles. The third-order valence-corrected chi connectivity index (χ3v) is 3.78. The summed E-state index contributed by atoms with van der Waals surface area (Å²) in [7, 11) is 1.57. The minimum atomic E-state index is -0.711. The molecule has 0 saturated heterocycles. The van der Waals surface area contributed by atoms with Crippen LogP contribution in [0.2, 0.25) is 5.02 Å². The Kier molecular flexibility index (Phi) is 5.28. The van der Waals surface area contributed by atoms with Gasteiger partial charge in [-0.3, -0.25) is 4.79 Å². The highest BCUT2D eigenvalue weighted by Crippen LogP contribution is 2.26. The van der Waals surface area contributed by atoms with Gasteiger partial charge in [0.15, 0.2) is 11.6 Å². The normalized spacial score (nSPS) is 10.3. The van der Waals surface area contributed by atoms with Gasteiger partial charge in [0.05, 0.1) is 23.4 Å². The van der Waals surface area contributed by atoms with Crippen molar-refractivity contribution in [3.05, 3.63) is 71.0 Å². The average Bonchev–Trinajstić information content (AvgIpc) is 2.63. The molecule has 1 amide bonds. The summed E-state index contributed by atoms with van der Waals surface area (Å²) in [5.74, 6) is -0.137. The lowest BCUT2D eigenvalue weighted by Crippen LogP contribution is -2.15. The van der Waals surface area contributed by atoms with Crippen molar-refractivity contribution in [1.29, 1.82) is 0 Å². The zero-order valence-corrected chi connectivity index (χ0v) is 14.4. The zero-order valence-electron chi connectivity index (χ0n) is 13.7. The average molecular weight is 373 g/mol. The summed E-state index contributed by atoms with van der Waals surface area (Å²) >= 11 is 5.88. The first-order chi connectivity index (χ1) is 12.6. The number of anilines is 3. The van der Waals surface area contributed by atoms with E-state index in [1.54, 1.807) is 13.2 Å². The highest BCUT2D eigenvalue weighted by atomic mass is 35.5. The summed E-state index contributed by atoms with van der Waals surface area (Å²) in [5, 5.41) is 13.4. The molecule has 0 aliphatic carbocycles. The van der Waals surface area contributed by atoms with E-state index in [0.29, 0.717) is 11.6 Å². The van der Waals surface area contributed by atoms with Gasteiger partial charge in [0, 0.05) is 0 Å². The minimum absolute atomic E-state index is 0.0184. The smallest absolute Gasteiger partial charge is 0.261 e. The van der Waals surface area contributed by atoms with E-state index in [-0.39, 0.29) is 16.4 Å². The van der Waals surface area contributed by atoms with Crippen molar-refractivity contribution in [2.45, 2.75) is 0 Å². The number of benzene rings is 2. The summed E-state index contributed by atoms with van der Waals surface area (Å²) < 4.78 is 19.0. The van der Waals surface area contributed by atoms with Crippen LogP contribution >= 0.6 is 11.6 Å². The third-order valence-electron chi connectivity index (χ3n) is 3.47. The van der Waals surface area contributed by atoms with Gasteiger partial charge in [0.1, 0.15) is 11.6 Å². The summed E-state index contributed by atoms with van der Waals surface area (Å²) in [4.78, 5) is 12.2. The maximum Gasteiger partial charge on any atom is 0.261 e. The molecule has 1 heterocycles. The molecular formula is C18H14ClFN4O2. The van der Waals surface area contributed by atoms with Crippen LogP contribution in [0.25, 0.3) is 0 Å². The molecule has 0 aliphatic rings. The van der Waals surface area contributed by atoms with E-state index < -0.39 is 11.7 Å². The van der Waals surface area contributed by atoms with Crippen LogP contribution in [0.1, 0.15) is 10.4 Å². The number of hydrogen-bond donors (Lipinski definition) is 2. The highest BCUT2D eigenvalue weighted by molar-refractivity contribution is 6.34. The summed E-state index contributed by atoms with van der Waals surface area (Å²) in [5.41, 5.74) is 0.478. The standard InChI is InChI=1S/C18H14ClFN4O2/c1-26-14-8-3-2-7-13(14)21-15-9-10-16(24-23-15)22-18(25)17-11(19)5-4-6-12(17)20/h2-10H,1H3,(H,21,23)(H,22,24,25). The molecule has 132 valence electrons. The number of para-hydroxylation sites is 2. The predicted molar refractivity (Wildman–Crippen MR) is 97.7 cm³/mol. The molecule has 2 N–H and O–H groups in total. The molecule has 0 bridgehead atoms. The van der Waals surface area contributed by atoms with Crippen LogP contribution < -0.4 is 15.4 Å². The Labute approximate surface area is 154 Å². The van der Waals surface area contributed by atoms with E-state index >= 15 is 0 Å². The fraction of sp³-hybridized carbons (Fsp3) is 0.0556. The second-order valence-electron chi connectivity index (χ2n) is 5.18. The van der Waals surface area contributed by atoms with Crippen molar-refractivity contribution in [3.63, 3.8) is 0 Å². The first-order valence-corrected chi connectivity index (χ1v) is 7.95. The van der Waals surface area contributed by atoms with Gasteiger partial charge in [-0.2, -0.15) is 0 Å². The second-order valence-corrected chi connectivity index (χ2v) is 5.59. The number of amides is 1. The summed E-state index contributed by atoms with van der Waals surface area (Å²) in [6, 6.07) is 14.5. The molecule has 6 nitrogen and oxygen atoms in total. The summed E-state index contributed by atoms with van der Waals surface area (Å²) in [6.07, 6.45) is 0. The van der Waals surface area contributed by atoms with Gasteiger partial charge < -0.3 is 15.4 Å². The molecule has 0 unspecified atom stereocenters. The lowest BCUT2D eigenvalue weighted by Gasteiger charge is -2.10. The van der Waals surface area contributed by atoms with Gasteiger partial charge in [-0.05, 0) is 36.4 Å². The summed E-state index contributed by atoms with van der Waals surface area (Å²) in [6.45, 7) is 0. The Morgan fingerprint density at radius 3 is 2.46 bits per heavy atom. The third kappa shape index (κ3) is 3.89. The van der Waals surface area contributed by atoms with Crippen LogP contribution in [0.15, 0.2) is 54.6 Å². The second kappa shape index (κ2) is 7.79. The number of carbonyl (C=O) groups is 1. The molecule has 3 aromatic rings. The fourth-order valence-electron chi connectivity index (χ4n) is 2.25. The van der Waals surface area contributed by atoms with E-state index in [1.807, 2.05) is 24.3 Å². The first kappa shape index (κ1) is 17.6. The predicted octanol–water partition coefficient (Wildman–Crippen LogP) is 4.27. The van der Waals surface area contributed by atoms with Crippen LogP contribution in [0.4, 0.5) is 21.7 Å². The SMILES string of the molecule is COc1ccccc1Nc1ccc(NC(=O)c2c(F)cccc2Cl)nn1. The number of methoxy groups -OCH3 is 1. The Morgan fingerprint density at radius 1 is 1.04 bits per heavy atom. The lowest BCUT2D eigenvalue weighted by molar-refractivity contribution is 0.102. The Balaban J connectivity index is 1.73. The van der Waals surface area contributed by atoms with Crippen LogP contribution in [-0.4, -0.2) is 23.2 Å². The molecule has 0 aliphatic heterocycles. The van der Waals surface area contributed by atoms with Crippen LogP contribution in [0.5, 0.6) is 5.75 Å². The minimum Gasteiger partial charge on any atom is -0.495 e. The van der Waals surface area contributed by atoms with Gasteiger partial charge in [-0.15, -0.1) is 10.2 Å². The number of nitrogens with one attached hydrogen (secondary N) is 2. The van der Waals surface area contributed by atoms with Crippen molar-refractivity contribution >= 4 is 34.8 Å². The van der Waals surface area contributed by atoms with Gasteiger partial charge in [-0.1, -0.05) is 29.8 Å². The largest absolute Gasteiger partial charge is 0.495 e. The van der Waals surface area contributed by atoms with E-state index in [2.05, 4.69) is 20.8 Å². The van der Waals surface area contributed by atoms with Crippen LogP contribution in [0.3, 0.4) is 0 Å². The number of rotatable bonds is 5. The van der Waals surface area contributed by atoms with Gasteiger partial charge in [0.25, 0.3) is 5.91 Å². The van der Waals surface area contributed by atoms with Crippen molar-refractivity contribution in [2.24, 2.45) is 0 Å². The number of nitrogens with zero attached hydrogens (tertiary/aromatic N) is 2. The van der Waals surface area contributed by atoms with Gasteiger partial charge in [0.2, 0.25) is 0 Å². The number of halogens is 2. The molecule has 8 heteroatoms. The molecule has 26 heavy (non-hydrogen) atoms. The van der Waals surface area contributed by atoms with Crippen molar-refractivity contribution < 1.29 is 13.9 Å². The maximum atomic E-state index is 13.8. The lowest BCUT2D eigenvalue weighted by atomic mass is 10.2. The van der Waals surface area contributed by atoms with E-state index in [9.17, 15) is 9.18 Å². The van der Waals surface area contributed by atoms with Crippen LogP contribution in [-0.2, 0) is 0 Å². The first-order valence-electron chi connectivity index (χ1n) is 7.57. The number of aromatic nitrogens is 2. The quantitative estimate of drug-likeness (QED) is 0.699. The molecular weight excluding hydrogens is 359 g/mol. The van der Waals surface area contributed by atoms with E-state index in [4.69, 9.17) is 16.3 Å². The molecule has 0 fully saturated rings. The Morgan fingerprint density at radius 2 is 1.77 bits per heavy atom. The Hall–Kier alpha value is -3.19. The highest BCUT2D eigenvalue weighted by Gasteiger charge is 2.16. The van der Waals surface area contributed by atoms with Gasteiger partial charge in [-0.25, -0.2) is 4.39 Å². The van der Waals surface area contributed by atoms with Crippen molar-refractivity contribution in [1.82, 2.24) is 10.2 Å². The number of ether oxygens (including phenoxy) is 1. The van der Waals surface area contributed by atoms with Crippen LogP contribution in [0, 0.1) is 5.82 Å². The zero-order chi connectivity index (χ0) is 18.5. The topological polar surface area (TPSA) is 76.1 Å². The van der Waals surface area contributed by atoms with E-state index in [0.717, 1.165) is 11.8 Å². The Bertz CT molecular complexity index is 914. The van der Waals surface area contributed by atoms with Gasteiger partial charge >= 0.3 is 0 Å². The molecule has 0 spiro atoms. The number of carbonyl (C=O) groups excluding carboxylic acids is 1.